The quantitative estimate of drug-likeness (QED) is 0.604. The van der Waals surface area contributed by atoms with Crippen molar-refractivity contribution in [2.75, 3.05) is 13.7 Å². The van der Waals surface area contributed by atoms with Gasteiger partial charge in [-0.15, -0.1) is 0 Å². The molecule has 0 fully saturated rings. The van der Waals surface area contributed by atoms with Crippen LogP contribution in [0.5, 0.6) is 0 Å². The Labute approximate surface area is 84.0 Å². The predicted octanol–water partition coefficient (Wildman–Crippen LogP) is -0.207. The molecule has 0 bridgehead atoms. The zero-order valence-corrected chi connectivity index (χ0v) is 8.92. The second-order valence-corrected chi connectivity index (χ2v) is 3.84. The number of hydrogen-bond acceptors (Lipinski definition) is 4. The summed E-state index contributed by atoms with van der Waals surface area (Å²) in [6, 6.07) is 0. The van der Waals surface area contributed by atoms with E-state index >= 15 is 0 Å². The van der Waals surface area contributed by atoms with Gasteiger partial charge in [-0.05, 0) is 13.8 Å². The van der Waals surface area contributed by atoms with E-state index < -0.39 is 5.54 Å². The summed E-state index contributed by atoms with van der Waals surface area (Å²) in [6.45, 7) is 3.83. The van der Waals surface area contributed by atoms with Crippen LogP contribution in [0.1, 0.15) is 26.7 Å². The second kappa shape index (κ2) is 5.59. The van der Waals surface area contributed by atoms with Crippen LogP contribution in [-0.2, 0) is 14.3 Å². The van der Waals surface area contributed by atoms with E-state index in [2.05, 4.69) is 10.1 Å². The normalized spacial score (nSPS) is 10.9. The molecular weight excluding hydrogens is 184 g/mol. The first-order valence-corrected chi connectivity index (χ1v) is 4.47. The highest BCUT2D eigenvalue weighted by molar-refractivity contribution is 5.78. The molecule has 5 heteroatoms. The third-order valence-electron chi connectivity index (χ3n) is 1.50. The maximum atomic E-state index is 11.2. The monoisotopic (exact) mass is 202 g/mol. The fourth-order valence-corrected chi connectivity index (χ4v) is 0.882. The second-order valence-electron chi connectivity index (χ2n) is 3.84. The average molecular weight is 202 g/mol. The molecule has 0 aromatic rings. The molecule has 0 saturated carbocycles. The van der Waals surface area contributed by atoms with Crippen molar-refractivity contribution < 1.29 is 14.3 Å². The molecule has 0 aliphatic carbocycles. The maximum Gasteiger partial charge on any atom is 0.307 e. The third kappa shape index (κ3) is 7.54. The summed E-state index contributed by atoms with van der Waals surface area (Å²) < 4.78 is 4.42. The Morgan fingerprint density at radius 3 is 2.43 bits per heavy atom. The maximum absolute atomic E-state index is 11.2. The van der Waals surface area contributed by atoms with Crippen molar-refractivity contribution in [2.45, 2.75) is 32.2 Å². The van der Waals surface area contributed by atoms with Crippen LogP contribution in [0.25, 0.3) is 0 Å². The first-order chi connectivity index (χ1) is 6.35. The Morgan fingerprint density at radius 1 is 1.43 bits per heavy atom. The molecular formula is C9H18N2O3. The Bertz CT molecular complexity index is 209. The molecule has 0 heterocycles. The number of carbonyl (C=O) groups excluding carboxylic acids is 2. The van der Waals surface area contributed by atoms with Gasteiger partial charge in [0.15, 0.2) is 0 Å². The molecule has 0 aliphatic rings. The highest BCUT2D eigenvalue weighted by Gasteiger charge is 2.15. The van der Waals surface area contributed by atoms with Crippen molar-refractivity contribution in [1.82, 2.24) is 5.32 Å². The lowest BCUT2D eigenvalue weighted by Crippen LogP contribution is -2.39. The minimum Gasteiger partial charge on any atom is -0.469 e. The minimum absolute atomic E-state index is 0.151. The highest BCUT2D eigenvalue weighted by atomic mass is 16.5. The van der Waals surface area contributed by atoms with Crippen LogP contribution in [-0.4, -0.2) is 31.1 Å². The largest absolute Gasteiger partial charge is 0.469 e. The molecule has 82 valence electrons. The molecule has 0 aliphatic heterocycles. The SMILES string of the molecule is COC(=O)CCNC(=O)CC(C)(C)N. The third-order valence-corrected chi connectivity index (χ3v) is 1.50. The van der Waals surface area contributed by atoms with Gasteiger partial charge >= 0.3 is 5.97 Å². The van der Waals surface area contributed by atoms with Crippen LogP contribution < -0.4 is 11.1 Å². The van der Waals surface area contributed by atoms with Gasteiger partial charge in [-0.2, -0.15) is 0 Å². The molecule has 0 spiro atoms. The molecule has 14 heavy (non-hydrogen) atoms. The van der Waals surface area contributed by atoms with Gasteiger partial charge in [0, 0.05) is 18.5 Å². The number of methoxy groups -OCH3 is 1. The number of esters is 1. The van der Waals surface area contributed by atoms with E-state index in [1.807, 2.05) is 0 Å². The molecule has 5 nitrogen and oxygen atoms in total. The summed E-state index contributed by atoms with van der Waals surface area (Å²) in [5.74, 6) is -0.487. The van der Waals surface area contributed by atoms with Crippen molar-refractivity contribution in [3.63, 3.8) is 0 Å². The number of nitrogens with two attached hydrogens (primary N) is 1. The molecule has 0 saturated heterocycles. The summed E-state index contributed by atoms with van der Waals surface area (Å²) in [5, 5.41) is 2.58. The van der Waals surface area contributed by atoms with Crippen LogP contribution in [0.2, 0.25) is 0 Å². The van der Waals surface area contributed by atoms with Crippen LogP contribution in [0.4, 0.5) is 0 Å². The average Bonchev–Trinajstić information content (AvgIpc) is 2.00. The summed E-state index contributed by atoms with van der Waals surface area (Å²) in [6.07, 6.45) is 0.432. The fraction of sp³-hybridized carbons (Fsp3) is 0.778. The first kappa shape index (κ1) is 12.9. The first-order valence-electron chi connectivity index (χ1n) is 4.47. The van der Waals surface area contributed by atoms with Crippen molar-refractivity contribution in [1.29, 1.82) is 0 Å². The summed E-state index contributed by atoms with van der Waals surface area (Å²) >= 11 is 0. The zero-order chi connectivity index (χ0) is 11.2. The number of nitrogens with one attached hydrogen (secondary N) is 1. The summed E-state index contributed by atoms with van der Waals surface area (Å²) in [4.78, 5) is 21.9. The summed E-state index contributed by atoms with van der Waals surface area (Å²) in [5.41, 5.74) is 5.12. The zero-order valence-electron chi connectivity index (χ0n) is 8.92. The molecule has 3 N–H and O–H groups in total. The molecule has 0 aromatic carbocycles. The molecule has 0 aromatic heterocycles. The van der Waals surface area contributed by atoms with Crippen LogP contribution >= 0.6 is 0 Å². The molecule has 0 rings (SSSR count). The molecule has 1 amide bonds. The van der Waals surface area contributed by atoms with Gasteiger partial charge in [-0.25, -0.2) is 0 Å². The number of rotatable bonds is 5. The van der Waals surface area contributed by atoms with E-state index in [9.17, 15) is 9.59 Å². The van der Waals surface area contributed by atoms with Crippen molar-refractivity contribution in [3.05, 3.63) is 0 Å². The van der Waals surface area contributed by atoms with Crippen molar-refractivity contribution in [3.8, 4) is 0 Å². The minimum atomic E-state index is -0.519. The van der Waals surface area contributed by atoms with Crippen molar-refractivity contribution in [2.24, 2.45) is 5.73 Å². The van der Waals surface area contributed by atoms with E-state index in [4.69, 9.17) is 5.73 Å². The molecule has 0 atom stereocenters. The Morgan fingerprint density at radius 2 is 2.00 bits per heavy atom. The van der Waals surface area contributed by atoms with Gasteiger partial charge in [-0.1, -0.05) is 0 Å². The smallest absolute Gasteiger partial charge is 0.307 e. The van der Waals surface area contributed by atoms with E-state index in [1.54, 1.807) is 13.8 Å². The Balaban J connectivity index is 3.60. The van der Waals surface area contributed by atoms with E-state index in [0.29, 0.717) is 6.54 Å². The van der Waals surface area contributed by atoms with Crippen LogP contribution in [0.3, 0.4) is 0 Å². The Hall–Kier alpha value is -1.10. The van der Waals surface area contributed by atoms with Gasteiger partial charge in [0.1, 0.15) is 0 Å². The number of ether oxygens (including phenoxy) is 1. The number of hydrogen-bond donors (Lipinski definition) is 2. The van der Waals surface area contributed by atoms with E-state index in [0.717, 1.165) is 0 Å². The predicted molar refractivity (Wildman–Crippen MR) is 52.5 cm³/mol. The number of carbonyl (C=O) groups is 2. The lowest BCUT2D eigenvalue weighted by atomic mass is 10.0. The van der Waals surface area contributed by atoms with Crippen LogP contribution in [0, 0.1) is 0 Å². The van der Waals surface area contributed by atoms with Crippen molar-refractivity contribution >= 4 is 11.9 Å². The van der Waals surface area contributed by atoms with Gasteiger partial charge in [0.25, 0.3) is 0 Å². The Kier molecular flexibility index (Phi) is 5.15. The van der Waals surface area contributed by atoms with Gasteiger partial charge in [-0.3, -0.25) is 9.59 Å². The molecule has 0 radical (unpaired) electrons. The van der Waals surface area contributed by atoms with Gasteiger partial charge in [0.2, 0.25) is 5.91 Å². The van der Waals surface area contributed by atoms with E-state index in [1.165, 1.54) is 7.11 Å². The topological polar surface area (TPSA) is 81.4 Å². The molecule has 0 unspecified atom stereocenters. The van der Waals surface area contributed by atoms with Gasteiger partial charge in [0.05, 0.1) is 13.5 Å². The van der Waals surface area contributed by atoms with Crippen LogP contribution in [0.15, 0.2) is 0 Å². The van der Waals surface area contributed by atoms with E-state index in [-0.39, 0.29) is 24.7 Å². The standard InChI is InChI=1S/C9H18N2O3/c1-9(2,10)6-7(12)11-5-4-8(13)14-3/h4-6,10H2,1-3H3,(H,11,12). The summed E-state index contributed by atoms with van der Waals surface area (Å²) in [7, 11) is 1.31. The lowest BCUT2D eigenvalue weighted by molar-refractivity contribution is -0.140. The lowest BCUT2D eigenvalue weighted by Gasteiger charge is -2.17. The highest BCUT2D eigenvalue weighted by Crippen LogP contribution is 2.02. The number of amides is 1. The van der Waals surface area contributed by atoms with Gasteiger partial charge < -0.3 is 15.8 Å². The fourth-order valence-electron chi connectivity index (χ4n) is 0.882.